The van der Waals surface area contributed by atoms with Crippen molar-refractivity contribution < 1.29 is 14.2 Å². The second-order valence-corrected chi connectivity index (χ2v) is 6.62. The lowest BCUT2D eigenvalue weighted by Crippen LogP contribution is -2.23. The minimum absolute atomic E-state index is 0.0477. The highest BCUT2D eigenvalue weighted by molar-refractivity contribution is 7.99. The highest BCUT2D eigenvalue weighted by Crippen LogP contribution is 2.27. The molecule has 1 aromatic rings. The molecule has 6 heteroatoms. The predicted molar refractivity (Wildman–Crippen MR) is 96.6 cm³/mol. The summed E-state index contributed by atoms with van der Waals surface area (Å²) >= 11 is 1.70. The third-order valence-corrected chi connectivity index (χ3v) is 4.90. The monoisotopic (exact) mass is 351 g/mol. The highest BCUT2D eigenvalue weighted by atomic mass is 32.2. The summed E-state index contributed by atoms with van der Waals surface area (Å²) in [5.41, 5.74) is 2.71. The van der Waals surface area contributed by atoms with Gasteiger partial charge >= 0.3 is 0 Å². The fraction of sp³-hybridized carbons (Fsp3) is 0.500. The molecule has 0 saturated heterocycles. The average molecular weight is 351 g/mol. The minimum Gasteiger partial charge on any atom is -0.462 e. The van der Waals surface area contributed by atoms with Crippen molar-refractivity contribution in [3.63, 3.8) is 0 Å². The Kier molecular flexibility index (Phi) is 7.62. The molecule has 132 valence electrons. The number of hydrogen-bond donors (Lipinski definition) is 0. The van der Waals surface area contributed by atoms with Crippen molar-refractivity contribution in [2.45, 2.75) is 37.8 Å². The first-order valence-corrected chi connectivity index (χ1v) is 9.02. The van der Waals surface area contributed by atoms with Crippen LogP contribution < -0.4 is 10.3 Å². The Morgan fingerprint density at radius 1 is 1.17 bits per heavy atom. The Balaban J connectivity index is 2.11. The van der Waals surface area contributed by atoms with Crippen LogP contribution in [0.5, 0.6) is 5.75 Å². The van der Waals surface area contributed by atoms with E-state index in [0.717, 1.165) is 29.9 Å². The lowest BCUT2D eigenvalue weighted by Gasteiger charge is -2.15. The van der Waals surface area contributed by atoms with Crippen molar-refractivity contribution in [3.05, 3.63) is 45.9 Å². The molecular formula is C18H25NO4S. The van der Waals surface area contributed by atoms with E-state index in [1.54, 1.807) is 24.9 Å². The van der Waals surface area contributed by atoms with Gasteiger partial charge < -0.3 is 14.2 Å². The van der Waals surface area contributed by atoms with Gasteiger partial charge in [-0.15, -0.1) is 11.8 Å². The number of methoxy groups -OCH3 is 2. The lowest BCUT2D eigenvalue weighted by atomic mass is 9.98. The number of thioether (sulfide) groups is 1. The molecule has 1 aliphatic rings. The van der Waals surface area contributed by atoms with E-state index in [9.17, 15) is 4.79 Å². The van der Waals surface area contributed by atoms with Gasteiger partial charge in [0, 0.05) is 37.1 Å². The molecule has 0 bridgehead atoms. The summed E-state index contributed by atoms with van der Waals surface area (Å²) in [5, 5.41) is 0. The van der Waals surface area contributed by atoms with E-state index in [4.69, 9.17) is 14.2 Å². The second-order valence-electron chi connectivity index (χ2n) is 5.58. The zero-order chi connectivity index (χ0) is 17.4. The molecule has 0 N–H and O–H groups in total. The van der Waals surface area contributed by atoms with Crippen LogP contribution in [0.4, 0.5) is 0 Å². The fourth-order valence-corrected chi connectivity index (χ4v) is 3.42. The lowest BCUT2D eigenvalue weighted by molar-refractivity contribution is 0.0483. The van der Waals surface area contributed by atoms with Crippen molar-refractivity contribution in [2.24, 2.45) is 0 Å². The molecule has 2 rings (SSSR count). The predicted octanol–water partition coefficient (Wildman–Crippen LogP) is 3.58. The Bertz CT molecular complexity index is 663. The van der Waals surface area contributed by atoms with Crippen LogP contribution in [-0.2, 0) is 16.2 Å². The molecule has 0 saturated carbocycles. The molecule has 5 nitrogen and oxygen atoms in total. The van der Waals surface area contributed by atoms with Crippen LogP contribution in [0.1, 0.15) is 26.2 Å². The molecule has 0 fully saturated rings. The van der Waals surface area contributed by atoms with Gasteiger partial charge in [0.25, 0.3) is 5.56 Å². The Morgan fingerprint density at radius 3 is 2.54 bits per heavy atom. The van der Waals surface area contributed by atoms with Crippen molar-refractivity contribution >= 4 is 11.8 Å². The largest absolute Gasteiger partial charge is 0.462 e. The number of rotatable bonds is 9. The summed E-state index contributed by atoms with van der Waals surface area (Å²) < 4.78 is 16.9. The van der Waals surface area contributed by atoms with Gasteiger partial charge in [-0.05, 0) is 19.3 Å². The molecule has 0 atom stereocenters. The van der Waals surface area contributed by atoms with E-state index in [0.29, 0.717) is 0 Å². The standard InChI is InChI=1S/C18H25NO4S/c1-4-14-5-7-15(8-6-14)11-24-16-9-17(23-13-22-3)18(20)19(10-16)12-21-2/h5,7,9-10H,4,6,8,11-13H2,1-3H3. The number of hydrogen-bond acceptors (Lipinski definition) is 5. The average Bonchev–Trinajstić information content (AvgIpc) is 2.61. The maximum atomic E-state index is 12.3. The summed E-state index contributed by atoms with van der Waals surface area (Å²) in [6.45, 7) is 2.44. The smallest absolute Gasteiger partial charge is 0.294 e. The maximum absolute atomic E-state index is 12.3. The molecule has 1 heterocycles. The SMILES string of the molecule is CCC1=CC=C(CSc2cc(OCOC)c(=O)n(COC)c2)CC1. The van der Waals surface area contributed by atoms with Gasteiger partial charge in [-0.1, -0.05) is 30.2 Å². The summed E-state index contributed by atoms with van der Waals surface area (Å²) in [4.78, 5) is 13.2. The van der Waals surface area contributed by atoms with Crippen LogP contribution in [0.15, 0.2) is 45.3 Å². The maximum Gasteiger partial charge on any atom is 0.294 e. The van der Waals surface area contributed by atoms with E-state index in [-0.39, 0.29) is 24.8 Å². The fourth-order valence-electron chi connectivity index (χ4n) is 2.44. The van der Waals surface area contributed by atoms with E-state index in [2.05, 4.69) is 19.1 Å². The van der Waals surface area contributed by atoms with Gasteiger partial charge in [-0.2, -0.15) is 0 Å². The number of aromatic nitrogens is 1. The van der Waals surface area contributed by atoms with Crippen molar-refractivity contribution in [3.8, 4) is 5.75 Å². The van der Waals surface area contributed by atoms with Crippen molar-refractivity contribution in [1.82, 2.24) is 4.57 Å². The minimum atomic E-state index is -0.217. The first-order chi connectivity index (χ1) is 11.7. The summed E-state index contributed by atoms with van der Waals surface area (Å²) in [6, 6.07) is 1.77. The topological polar surface area (TPSA) is 49.7 Å². The second kappa shape index (κ2) is 9.71. The number of allylic oxidation sites excluding steroid dienone is 3. The summed E-state index contributed by atoms with van der Waals surface area (Å²) in [6.07, 6.45) is 9.65. The van der Waals surface area contributed by atoms with Crippen LogP contribution in [0.25, 0.3) is 0 Å². The third-order valence-electron chi connectivity index (χ3n) is 3.83. The van der Waals surface area contributed by atoms with E-state index in [1.165, 1.54) is 22.8 Å². The van der Waals surface area contributed by atoms with Gasteiger partial charge in [-0.3, -0.25) is 9.36 Å². The number of nitrogens with zero attached hydrogens (tertiary/aromatic N) is 1. The number of ether oxygens (including phenoxy) is 3. The summed E-state index contributed by atoms with van der Waals surface area (Å²) in [5.74, 6) is 1.19. The molecule has 0 radical (unpaired) electrons. The molecule has 0 unspecified atom stereocenters. The zero-order valence-electron chi connectivity index (χ0n) is 14.5. The number of pyridine rings is 1. The Morgan fingerprint density at radius 2 is 1.92 bits per heavy atom. The van der Waals surface area contributed by atoms with Gasteiger partial charge in [0.15, 0.2) is 12.5 Å². The highest BCUT2D eigenvalue weighted by Gasteiger charge is 2.10. The molecule has 0 aliphatic heterocycles. The summed E-state index contributed by atoms with van der Waals surface area (Å²) in [7, 11) is 3.09. The van der Waals surface area contributed by atoms with Gasteiger partial charge in [0.2, 0.25) is 0 Å². The van der Waals surface area contributed by atoms with Crippen LogP contribution in [0.2, 0.25) is 0 Å². The first-order valence-electron chi connectivity index (χ1n) is 8.03. The van der Waals surface area contributed by atoms with Crippen molar-refractivity contribution in [1.29, 1.82) is 0 Å². The molecule has 24 heavy (non-hydrogen) atoms. The Labute approximate surface area is 147 Å². The molecule has 0 aromatic carbocycles. The van der Waals surface area contributed by atoms with Gasteiger partial charge in [0.1, 0.15) is 6.73 Å². The van der Waals surface area contributed by atoms with Crippen molar-refractivity contribution in [2.75, 3.05) is 26.8 Å². The van der Waals surface area contributed by atoms with E-state index < -0.39 is 0 Å². The van der Waals surface area contributed by atoms with Crippen LogP contribution >= 0.6 is 11.8 Å². The molecule has 1 aromatic heterocycles. The van der Waals surface area contributed by atoms with Crippen LogP contribution in [0, 0.1) is 0 Å². The van der Waals surface area contributed by atoms with Gasteiger partial charge in [-0.25, -0.2) is 0 Å². The third kappa shape index (κ3) is 5.26. The Hall–Kier alpha value is -1.50. The molecule has 0 spiro atoms. The zero-order valence-corrected chi connectivity index (χ0v) is 15.4. The first kappa shape index (κ1) is 18.8. The van der Waals surface area contributed by atoms with E-state index in [1.807, 2.05) is 6.20 Å². The van der Waals surface area contributed by atoms with E-state index >= 15 is 0 Å². The van der Waals surface area contributed by atoms with Crippen LogP contribution in [0.3, 0.4) is 0 Å². The molecule has 1 aliphatic carbocycles. The van der Waals surface area contributed by atoms with Crippen LogP contribution in [-0.4, -0.2) is 31.3 Å². The molecular weight excluding hydrogens is 326 g/mol. The van der Waals surface area contributed by atoms with Gasteiger partial charge in [0.05, 0.1) is 0 Å². The molecule has 0 amide bonds. The quantitative estimate of drug-likeness (QED) is 0.503. The normalized spacial score (nSPS) is 14.3.